The van der Waals surface area contributed by atoms with Gasteiger partial charge in [0.1, 0.15) is 6.04 Å². The highest BCUT2D eigenvalue weighted by atomic mass is 79.9. The minimum absolute atomic E-state index is 0.0373. The molecule has 20 heavy (non-hydrogen) atoms. The Morgan fingerprint density at radius 3 is 2.75 bits per heavy atom. The summed E-state index contributed by atoms with van der Waals surface area (Å²) in [7, 11) is 3.48. The molecule has 2 rings (SSSR count). The number of non-ortho nitro benzene ring substituents is 1. The Bertz CT molecular complexity index is 548. The van der Waals surface area contributed by atoms with Gasteiger partial charge in [0, 0.05) is 37.2 Å². The van der Waals surface area contributed by atoms with E-state index < -0.39 is 4.92 Å². The van der Waals surface area contributed by atoms with Crippen LogP contribution in [-0.4, -0.2) is 42.4 Å². The van der Waals surface area contributed by atoms with Gasteiger partial charge in [-0.3, -0.25) is 14.9 Å². The van der Waals surface area contributed by atoms with Crippen molar-refractivity contribution in [1.82, 2.24) is 4.90 Å². The zero-order chi connectivity index (χ0) is 14.9. The van der Waals surface area contributed by atoms with Gasteiger partial charge in [0.25, 0.3) is 5.69 Å². The third kappa shape index (κ3) is 2.77. The molecule has 7 heteroatoms. The van der Waals surface area contributed by atoms with Gasteiger partial charge in [0.15, 0.2) is 0 Å². The molecule has 0 radical (unpaired) electrons. The first-order chi connectivity index (χ1) is 9.41. The lowest BCUT2D eigenvalue weighted by Gasteiger charge is -2.28. The van der Waals surface area contributed by atoms with Crippen molar-refractivity contribution in [1.29, 1.82) is 0 Å². The number of hydrogen-bond acceptors (Lipinski definition) is 4. The summed E-state index contributed by atoms with van der Waals surface area (Å²) in [5, 5.41) is 10.8. The molecule has 6 nitrogen and oxygen atoms in total. The second-order valence-electron chi connectivity index (χ2n) is 4.98. The molecule has 108 valence electrons. The second-order valence-corrected chi connectivity index (χ2v) is 5.83. The van der Waals surface area contributed by atoms with Gasteiger partial charge < -0.3 is 9.80 Å². The van der Waals surface area contributed by atoms with Crippen LogP contribution in [0.25, 0.3) is 0 Å². The van der Waals surface area contributed by atoms with Crippen molar-refractivity contribution in [2.75, 3.05) is 25.5 Å². The molecule has 1 aromatic rings. The van der Waals surface area contributed by atoms with Gasteiger partial charge in [0.2, 0.25) is 5.91 Å². The van der Waals surface area contributed by atoms with E-state index in [4.69, 9.17) is 0 Å². The summed E-state index contributed by atoms with van der Waals surface area (Å²) < 4.78 is 0.644. The predicted octanol–water partition coefficient (Wildman–Crippen LogP) is 2.41. The highest BCUT2D eigenvalue weighted by Crippen LogP contribution is 2.34. The molecule has 0 aromatic heterocycles. The summed E-state index contributed by atoms with van der Waals surface area (Å²) in [6, 6.07) is 4.45. The largest absolute Gasteiger partial charge is 0.359 e. The Morgan fingerprint density at radius 1 is 1.50 bits per heavy atom. The Kier molecular flexibility index (Phi) is 4.27. The molecule has 1 aliphatic heterocycles. The molecule has 1 saturated heterocycles. The summed E-state index contributed by atoms with van der Waals surface area (Å²) in [5.41, 5.74) is 0.864. The third-order valence-corrected chi connectivity index (χ3v) is 4.07. The van der Waals surface area contributed by atoms with Crippen LogP contribution in [0, 0.1) is 10.1 Å². The van der Waals surface area contributed by atoms with Crippen molar-refractivity contribution >= 4 is 33.2 Å². The predicted molar refractivity (Wildman–Crippen MR) is 79.9 cm³/mol. The highest BCUT2D eigenvalue weighted by Gasteiger charge is 2.33. The maximum absolute atomic E-state index is 12.2. The number of halogens is 1. The van der Waals surface area contributed by atoms with Gasteiger partial charge in [-0.2, -0.15) is 0 Å². The summed E-state index contributed by atoms with van der Waals surface area (Å²) >= 11 is 3.37. The van der Waals surface area contributed by atoms with Crippen molar-refractivity contribution in [2.45, 2.75) is 18.9 Å². The number of nitrogens with zero attached hydrogens (tertiary/aromatic N) is 3. The lowest BCUT2D eigenvalue weighted by molar-refractivity contribution is -0.384. The lowest BCUT2D eigenvalue weighted by atomic mass is 10.2. The fourth-order valence-corrected chi connectivity index (χ4v) is 3.05. The first-order valence-electron chi connectivity index (χ1n) is 6.33. The first-order valence-corrected chi connectivity index (χ1v) is 7.13. The van der Waals surface area contributed by atoms with Crippen LogP contribution in [0.1, 0.15) is 12.8 Å². The zero-order valence-electron chi connectivity index (χ0n) is 11.4. The molecule has 0 N–H and O–H groups in total. The van der Waals surface area contributed by atoms with Crippen molar-refractivity contribution in [2.24, 2.45) is 0 Å². The number of rotatable bonds is 3. The monoisotopic (exact) mass is 341 g/mol. The summed E-state index contributed by atoms with van der Waals surface area (Å²) in [5.74, 6) is 0.0627. The average molecular weight is 342 g/mol. The van der Waals surface area contributed by atoms with Crippen molar-refractivity contribution in [3.05, 3.63) is 32.8 Å². The standard InChI is InChI=1S/C13H16BrN3O3/c1-15(2)13(18)12-4-3-7-16(12)11-6-5-9(17(19)20)8-10(11)14/h5-6,8,12H,3-4,7H2,1-2H3. The van der Waals surface area contributed by atoms with E-state index in [1.165, 1.54) is 12.1 Å². The van der Waals surface area contributed by atoms with Crippen LogP contribution in [0.3, 0.4) is 0 Å². The number of nitro groups is 1. The summed E-state index contributed by atoms with van der Waals surface area (Å²) in [6.45, 7) is 0.778. The topological polar surface area (TPSA) is 66.7 Å². The maximum atomic E-state index is 12.2. The van der Waals surface area contributed by atoms with Crippen LogP contribution < -0.4 is 4.90 Å². The van der Waals surface area contributed by atoms with E-state index in [2.05, 4.69) is 15.9 Å². The van der Waals surface area contributed by atoms with Gasteiger partial charge in [-0.05, 0) is 34.8 Å². The van der Waals surface area contributed by atoms with E-state index in [1.807, 2.05) is 4.90 Å². The van der Waals surface area contributed by atoms with Crippen molar-refractivity contribution < 1.29 is 9.72 Å². The van der Waals surface area contributed by atoms with Gasteiger partial charge in [0.05, 0.1) is 10.6 Å². The van der Waals surface area contributed by atoms with Crippen LogP contribution >= 0.6 is 15.9 Å². The van der Waals surface area contributed by atoms with Crippen LogP contribution in [-0.2, 0) is 4.79 Å². The molecule has 1 aromatic carbocycles. The summed E-state index contributed by atoms with van der Waals surface area (Å²) in [4.78, 5) is 26.1. The van der Waals surface area contributed by atoms with Gasteiger partial charge >= 0.3 is 0 Å². The molecule has 0 saturated carbocycles. The molecule has 0 bridgehead atoms. The van der Waals surface area contributed by atoms with Gasteiger partial charge in [-0.1, -0.05) is 0 Å². The number of likely N-dealkylation sites (N-methyl/N-ethyl adjacent to an activating group) is 1. The smallest absolute Gasteiger partial charge is 0.270 e. The molecule has 0 spiro atoms. The first kappa shape index (κ1) is 14.8. The Balaban J connectivity index is 2.31. The maximum Gasteiger partial charge on any atom is 0.270 e. The van der Waals surface area contributed by atoms with E-state index in [0.29, 0.717) is 4.47 Å². The number of nitro benzene ring substituents is 1. The molecule has 1 amide bonds. The van der Waals surface area contributed by atoms with E-state index in [1.54, 1.807) is 25.1 Å². The van der Waals surface area contributed by atoms with Crippen LogP contribution in [0.15, 0.2) is 22.7 Å². The number of amides is 1. The SMILES string of the molecule is CN(C)C(=O)C1CCCN1c1ccc([N+](=O)[O-])cc1Br. The second kappa shape index (κ2) is 5.78. The van der Waals surface area contributed by atoms with Gasteiger partial charge in [-0.25, -0.2) is 0 Å². The summed E-state index contributed by atoms with van der Waals surface area (Å²) in [6.07, 6.45) is 1.74. The number of hydrogen-bond donors (Lipinski definition) is 0. The molecule has 1 aliphatic rings. The molecular weight excluding hydrogens is 326 g/mol. The normalized spacial score (nSPS) is 18.1. The van der Waals surface area contributed by atoms with Crippen LogP contribution in [0.5, 0.6) is 0 Å². The number of benzene rings is 1. The quantitative estimate of drug-likeness (QED) is 0.625. The van der Waals surface area contributed by atoms with Crippen molar-refractivity contribution in [3.8, 4) is 0 Å². The van der Waals surface area contributed by atoms with Gasteiger partial charge in [-0.15, -0.1) is 0 Å². The van der Waals surface area contributed by atoms with E-state index in [-0.39, 0.29) is 17.6 Å². The molecular formula is C13H16BrN3O3. The Hall–Kier alpha value is -1.63. The Labute approximate surface area is 125 Å². The lowest BCUT2D eigenvalue weighted by Crippen LogP contribution is -2.42. The Morgan fingerprint density at radius 2 is 2.20 bits per heavy atom. The zero-order valence-corrected chi connectivity index (χ0v) is 13.0. The average Bonchev–Trinajstić information content (AvgIpc) is 2.86. The number of anilines is 1. The highest BCUT2D eigenvalue weighted by molar-refractivity contribution is 9.10. The van der Waals surface area contributed by atoms with Crippen LogP contribution in [0.2, 0.25) is 0 Å². The minimum atomic E-state index is -0.430. The molecule has 1 unspecified atom stereocenters. The third-order valence-electron chi connectivity index (χ3n) is 3.43. The molecule has 1 fully saturated rings. The van der Waals surface area contributed by atoms with Crippen LogP contribution in [0.4, 0.5) is 11.4 Å². The van der Waals surface area contributed by atoms with Crippen molar-refractivity contribution in [3.63, 3.8) is 0 Å². The number of carbonyl (C=O) groups is 1. The molecule has 1 atom stereocenters. The fraction of sp³-hybridized carbons (Fsp3) is 0.462. The van der Waals surface area contributed by atoms with E-state index >= 15 is 0 Å². The van der Waals surface area contributed by atoms with E-state index in [0.717, 1.165) is 25.1 Å². The fourth-order valence-electron chi connectivity index (χ4n) is 2.45. The number of carbonyl (C=O) groups excluding carboxylic acids is 1. The van der Waals surface area contributed by atoms with E-state index in [9.17, 15) is 14.9 Å². The minimum Gasteiger partial charge on any atom is -0.359 e. The molecule has 0 aliphatic carbocycles. The molecule has 1 heterocycles.